The summed E-state index contributed by atoms with van der Waals surface area (Å²) in [5, 5.41) is 11.6. The number of nitrogens with one attached hydrogen (secondary N) is 1. The first-order chi connectivity index (χ1) is 9.69. The topological polar surface area (TPSA) is 57.2 Å². The second-order valence-corrected chi connectivity index (χ2v) is 5.67. The van der Waals surface area contributed by atoms with Gasteiger partial charge in [-0.3, -0.25) is 0 Å². The third-order valence-electron chi connectivity index (χ3n) is 3.68. The maximum absolute atomic E-state index is 4.57. The summed E-state index contributed by atoms with van der Waals surface area (Å²) in [5.41, 5.74) is 0. The van der Waals surface area contributed by atoms with E-state index in [0.29, 0.717) is 5.92 Å². The van der Waals surface area contributed by atoms with Crippen molar-refractivity contribution in [3.8, 4) is 0 Å². The molecule has 0 bridgehead atoms. The SMILES string of the molecule is CCN1CCN(c2nncc(NCCC(C)C)n2)CC1. The van der Waals surface area contributed by atoms with Crippen LogP contribution in [-0.2, 0) is 0 Å². The van der Waals surface area contributed by atoms with E-state index in [-0.39, 0.29) is 0 Å². The number of hydrogen-bond acceptors (Lipinski definition) is 6. The van der Waals surface area contributed by atoms with Crippen LogP contribution in [0.4, 0.5) is 11.8 Å². The fraction of sp³-hybridized carbons (Fsp3) is 0.786. The lowest BCUT2D eigenvalue weighted by atomic mass is 10.1. The largest absolute Gasteiger partial charge is 0.369 e. The van der Waals surface area contributed by atoms with Crippen LogP contribution in [0.15, 0.2) is 6.20 Å². The van der Waals surface area contributed by atoms with Gasteiger partial charge in [0.1, 0.15) is 0 Å². The van der Waals surface area contributed by atoms with E-state index >= 15 is 0 Å². The third kappa shape index (κ3) is 4.30. The van der Waals surface area contributed by atoms with Crippen LogP contribution in [0.25, 0.3) is 0 Å². The summed E-state index contributed by atoms with van der Waals surface area (Å²) in [6.07, 6.45) is 2.83. The van der Waals surface area contributed by atoms with Gasteiger partial charge in [-0.15, -0.1) is 5.10 Å². The third-order valence-corrected chi connectivity index (χ3v) is 3.68. The highest BCUT2D eigenvalue weighted by Crippen LogP contribution is 2.12. The molecular formula is C14H26N6. The number of hydrogen-bond donors (Lipinski definition) is 1. The maximum Gasteiger partial charge on any atom is 0.247 e. The van der Waals surface area contributed by atoms with Crippen LogP contribution in [0.1, 0.15) is 27.2 Å². The van der Waals surface area contributed by atoms with E-state index in [1.54, 1.807) is 6.20 Å². The summed E-state index contributed by atoms with van der Waals surface area (Å²) in [6, 6.07) is 0. The number of likely N-dealkylation sites (N-methyl/N-ethyl adjacent to an activating group) is 1. The summed E-state index contributed by atoms with van der Waals surface area (Å²) in [5.74, 6) is 2.27. The van der Waals surface area contributed by atoms with Crippen molar-refractivity contribution >= 4 is 11.8 Å². The molecule has 1 aromatic rings. The Bertz CT molecular complexity index is 400. The summed E-state index contributed by atoms with van der Waals surface area (Å²) in [6.45, 7) is 12.8. The van der Waals surface area contributed by atoms with Crippen LogP contribution < -0.4 is 10.2 Å². The highest BCUT2D eigenvalue weighted by molar-refractivity contribution is 5.39. The van der Waals surface area contributed by atoms with Crippen LogP contribution >= 0.6 is 0 Å². The van der Waals surface area contributed by atoms with Gasteiger partial charge >= 0.3 is 0 Å². The molecular weight excluding hydrogens is 252 g/mol. The van der Waals surface area contributed by atoms with Gasteiger partial charge in [0, 0.05) is 32.7 Å². The molecule has 6 heteroatoms. The zero-order chi connectivity index (χ0) is 14.4. The predicted octanol–water partition coefficient (Wildman–Crippen LogP) is 1.47. The summed E-state index contributed by atoms with van der Waals surface area (Å²) >= 11 is 0. The minimum atomic E-state index is 0.693. The summed E-state index contributed by atoms with van der Waals surface area (Å²) in [4.78, 5) is 9.22. The van der Waals surface area contributed by atoms with Gasteiger partial charge in [-0.1, -0.05) is 20.8 Å². The highest BCUT2D eigenvalue weighted by atomic mass is 15.4. The van der Waals surface area contributed by atoms with Crippen LogP contribution in [0.5, 0.6) is 0 Å². The maximum atomic E-state index is 4.57. The summed E-state index contributed by atoms with van der Waals surface area (Å²) in [7, 11) is 0. The molecule has 1 aliphatic rings. The molecule has 1 aromatic heterocycles. The van der Waals surface area contributed by atoms with Crippen LogP contribution in [-0.4, -0.2) is 59.3 Å². The van der Waals surface area contributed by atoms with Crippen molar-refractivity contribution in [2.45, 2.75) is 27.2 Å². The number of anilines is 2. The molecule has 0 aromatic carbocycles. The molecule has 0 radical (unpaired) electrons. The van der Waals surface area contributed by atoms with Crippen molar-refractivity contribution in [1.82, 2.24) is 20.1 Å². The molecule has 1 saturated heterocycles. The lowest BCUT2D eigenvalue weighted by Gasteiger charge is -2.33. The van der Waals surface area contributed by atoms with Crippen molar-refractivity contribution in [3.63, 3.8) is 0 Å². The van der Waals surface area contributed by atoms with Gasteiger partial charge in [0.25, 0.3) is 0 Å². The molecule has 0 atom stereocenters. The average Bonchev–Trinajstić information content (AvgIpc) is 2.47. The van der Waals surface area contributed by atoms with Crippen LogP contribution in [0.3, 0.4) is 0 Å². The first-order valence-electron chi connectivity index (χ1n) is 7.60. The first kappa shape index (κ1) is 15.0. The highest BCUT2D eigenvalue weighted by Gasteiger charge is 2.18. The van der Waals surface area contributed by atoms with E-state index in [9.17, 15) is 0 Å². The first-order valence-corrected chi connectivity index (χ1v) is 7.60. The quantitative estimate of drug-likeness (QED) is 0.850. The Labute approximate surface area is 121 Å². The van der Waals surface area contributed by atoms with Gasteiger partial charge in [-0.25, -0.2) is 0 Å². The normalized spacial score (nSPS) is 16.7. The standard InChI is InChI=1S/C14H26N6/c1-4-19-7-9-20(10-8-19)14-17-13(11-16-18-14)15-6-5-12(2)3/h11-12H,4-10H2,1-3H3,(H,15,17,18). The monoisotopic (exact) mass is 278 g/mol. The second kappa shape index (κ2) is 7.38. The minimum Gasteiger partial charge on any atom is -0.369 e. The van der Waals surface area contributed by atoms with E-state index in [2.05, 4.69) is 51.1 Å². The molecule has 1 aliphatic heterocycles. The predicted molar refractivity (Wildman–Crippen MR) is 82.1 cm³/mol. The van der Waals surface area contributed by atoms with Crippen molar-refractivity contribution in [3.05, 3.63) is 6.20 Å². The number of aromatic nitrogens is 3. The molecule has 6 nitrogen and oxygen atoms in total. The molecule has 0 aliphatic carbocycles. The van der Waals surface area contributed by atoms with Gasteiger partial charge in [-0.2, -0.15) is 10.1 Å². The van der Waals surface area contributed by atoms with Gasteiger partial charge in [0.2, 0.25) is 5.95 Å². The zero-order valence-electron chi connectivity index (χ0n) is 12.8. The average molecular weight is 278 g/mol. The van der Waals surface area contributed by atoms with Crippen molar-refractivity contribution in [2.24, 2.45) is 5.92 Å². The van der Waals surface area contributed by atoms with E-state index in [0.717, 1.165) is 57.5 Å². The van der Waals surface area contributed by atoms with Gasteiger partial charge in [0.15, 0.2) is 5.82 Å². The minimum absolute atomic E-state index is 0.693. The smallest absolute Gasteiger partial charge is 0.247 e. The summed E-state index contributed by atoms with van der Waals surface area (Å²) < 4.78 is 0. The van der Waals surface area contributed by atoms with Crippen LogP contribution in [0.2, 0.25) is 0 Å². The Kier molecular flexibility index (Phi) is 5.52. The molecule has 0 spiro atoms. The van der Waals surface area contributed by atoms with Gasteiger partial charge in [-0.05, 0) is 18.9 Å². The Morgan fingerprint density at radius 3 is 2.65 bits per heavy atom. The lowest BCUT2D eigenvalue weighted by molar-refractivity contribution is 0.269. The van der Waals surface area contributed by atoms with Gasteiger partial charge < -0.3 is 15.1 Å². The Hall–Kier alpha value is -1.43. The molecule has 0 amide bonds. The Balaban J connectivity index is 1.89. The molecule has 20 heavy (non-hydrogen) atoms. The van der Waals surface area contributed by atoms with E-state index < -0.39 is 0 Å². The fourth-order valence-corrected chi connectivity index (χ4v) is 2.27. The van der Waals surface area contributed by atoms with Crippen molar-refractivity contribution in [1.29, 1.82) is 0 Å². The van der Waals surface area contributed by atoms with Crippen molar-refractivity contribution < 1.29 is 0 Å². The molecule has 2 rings (SSSR count). The number of piperazine rings is 1. The molecule has 112 valence electrons. The zero-order valence-corrected chi connectivity index (χ0v) is 12.8. The molecule has 1 N–H and O–H groups in total. The fourth-order valence-electron chi connectivity index (χ4n) is 2.27. The number of rotatable bonds is 6. The Morgan fingerprint density at radius 1 is 1.25 bits per heavy atom. The molecule has 0 unspecified atom stereocenters. The second-order valence-electron chi connectivity index (χ2n) is 5.67. The van der Waals surface area contributed by atoms with E-state index in [4.69, 9.17) is 0 Å². The lowest BCUT2D eigenvalue weighted by Crippen LogP contribution is -2.46. The molecule has 2 heterocycles. The van der Waals surface area contributed by atoms with E-state index in [1.165, 1.54) is 0 Å². The van der Waals surface area contributed by atoms with Gasteiger partial charge in [0.05, 0.1) is 6.20 Å². The molecule has 1 fully saturated rings. The van der Waals surface area contributed by atoms with Crippen LogP contribution in [0, 0.1) is 5.92 Å². The Morgan fingerprint density at radius 2 is 2.00 bits per heavy atom. The molecule has 0 saturated carbocycles. The van der Waals surface area contributed by atoms with E-state index in [1.807, 2.05) is 0 Å². The van der Waals surface area contributed by atoms with Crippen molar-refractivity contribution in [2.75, 3.05) is 49.5 Å². The number of nitrogens with zero attached hydrogens (tertiary/aromatic N) is 5.